The molecule has 1 aliphatic carbocycles. The number of nitrogens with two attached hydrogens (primary N) is 1. The summed E-state index contributed by atoms with van der Waals surface area (Å²) in [6.45, 7) is 5.20. The molecule has 1 aromatic rings. The topological polar surface area (TPSA) is 30.9 Å². The molecule has 16 heavy (non-hydrogen) atoms. The number of hydrogen-bond donors (Lipinski definition) is 1. The average molecular weight is 220 g/mol. The van der Waals surface area contributed by atoms with Crippen molar-refractivity contribution in [2.75, 3.05) is 6.54 Å². The molecule has 1 fully saturated rings. The van der Waals surface area contributed by atoms with Gasteiger partial charge in [-0.2, -0.15) is 0 Å². The van der Waals surface area contributed by atoms with E-state index in [1.807, 2.05) is 0 Å². The highest BCUT2D eigenvalue weighted by atomic mass is 14.9. The van der Waals surface area contributed by atoms with E-state index in [2.05, 4.69) is 31.5 Å². The predicted octanol–water partition coefficient (Wildman–Crippen LogP) is 2.87. The van der Waals surface area contributed by atoms with Crippen molar-refractivity contribution in [2.45, 2.75) is 45.4 Å². The molecular formula is C14H24N2. The van der Waals surface area contributed by atoms with E-state index in [0.717, 1.165) is 12.5 Å². The molecule has 0 radical (unpaired) electrons. The lowest BCUT2D eigenvalue weighted by Crippen LogP contribution is -2.20. The fourth-order valence-corrected chi connectivity index (χ4v) is 3.19. The van der Waals surface area contributed by atoms with Crippen molar-refractivity contribution in [3.8, 4) is 0 Å². The predicted molar refractivity (Wildman–Crippen MR) is 68.6 cm³/mol. The summed E-state index contributed by atoms with van der Waals surface area (Å²) < 4.78 is 2.28. The number of rotatable bonds is 3. The van der Waals surface area contributed by atoms with Gasteiger partial charge in [0.05, 0.1) is 0 Å². The second-order valence-corrected chi connectivity index (χ2v) is 5.27. The third-order valence-electron chi connectivity index (χ3n) is 4.44. The molecule has 1 heterocycles. The fourth-order valence-electron chi connectivity index (χ4n) is 3.19. The van der Waals surface area contributed by atoms with Gasteiger partial charge >= 0.3 is 0 Å². The summed E-state index contributed by atoms with van der Waals surface area (Å²) in [6.07, 6.45) is 5.53. The summed E-state index contributed by atoms with van der Waals surface area (Å²) in [5, 5.41) is 0. The van der Waals surface area contributed by atoms with Gasteiger partial charge in [-0.15, -0.1) is 0 Å². The van der Waals surface area contributed by atoms with Crippen LogP contribution in [0, 0.1) is 19.8 Å². The smallest absolute Gasteiger partial charge is 0.0178 e. The van der Waals surface area contributed by atoms with E-state index in [1.54, 1.807) is 0 Å². The van der Waals surface area contributed by atoms with E-state index in [-0.39, 0.29) is 0 Å². The van der Waals surface area contributed by atoms with Gasteiger partial charge in [-0.3, -0.25) is 0 Å². The zero-order chi connectivity index (χ0) is 11.7. The van der Waals surface area contributed by atoms with E-state index in [9.17, 15) is 0 Å². The molecule has 0 aliphatic heterocycles. The number of aromatic nitrogens is 1. The lowest BCUT2D eigenvalue weighted by molar-refractivity contribution is 0.438. The van der Waals surface area contributed by atoms with Crippen LogP contribution in [0.5, 0.6) is 0 Å². The fraction of sp³-hybridized carbons (Fsp3) is 0.714. The highest BCUT2D eigenvalue weighted by Crippen LogP contribution is 2.38. The molecule has 2 nitrogen and oxygen atoms in total. The van der Waals surface area contributed by atoms with Gasteiger partial charge in [-0.05, 0) is 50.8 Å². The van der Waals surface area contributed by atoms with E-state index < -0.39 is 0 Å². The molecule has 1 atom stereocenters. The van der Waals surface area contributed by atoms with Gasteiger partial charge in [0.1, 0.15) is 0 Å². The third-order valence-corrected chi connectivity index (χ3v) is 4.44. The molecule has 2 rings (SSSR count). The lowest BCUT2D eigenvalue weighted by atomic mass is 9.85. The van der Waals surface area contributed by atoms with Gasteiger partial charge < -0.3 is 10.3 Å². The SMILES string of the molecule is Cc1cc(C(CN)C2CCCC2)c(C)n1C. The van der Waals surface area contributed by atoms with Gasteiger partial charge in [0.25, 0.3) is 0 Å². The van der Waals surface area contributed by atoms with E-state index in [4.69, 9.17) is 5.73 Å². The Balaban J connectivity index is 2.28. The van der Waals surface area contributed by atoms with Crippen LogP contribution in [0.2, 0.25) is 0 Å². The average Bonchev–Trinajstić information content (AvgIpc) is 2.86. The van der Waals surface area contributed by atoms with Gasteiger partial charge in [-0.25, -0.2) is 0 Å². The number of aryl methyl sites for hydroxylation is 1. The maximum atomic E-state index is 6.00. The van der Waals surface area contributed by atoms with Crippen molar-refractivity contribution in [2.24, 2.45) is 18.7 Å². The highest BCUT2D eigenvalue weighted by molar-refractivity contribution is 5.31. The quantitative estimate of drug-likeness (QED) is 0.834. The first kappa shape index (κ1) is 11.7. The highest BCUT2D eigenvalue weighted by Gasteiger charge is 2.27. The Hall–Kier alpha value is -0.760. The van der Waals surface area contributed by atoms with Crippen LogP contribution >= 0.6 is 0 Å². The molecule has 0 amide bonds. The summed E-state index contributed by atoms with van der Waals surface area (Å²) >= 11 is 0. The normalized spacial score (nSPS) is 19.2. The molecule has 0 spiro atoms. The zero-order valence-corrected chi connectivity index (χ0v) is 10.8. The summed E-state index contributed by atoms with van der Waals surface area (Å²) in [7, 11) is 2.15. The summed E-state index contributed by atoms with van der Waals surface area (Å²) in [5.74, 6) is 1.41. The first-order valence-corrected chi connectivity index (χ1v) is 6.48. The maximum absolute atomic E-state index is 6.00. The van der Waals surface area contributed by atoms with Crippen LogP contribution in [-0.4, -0.2) is 11.1 Å². The molecule has 0 saturated heterocycles. The van der Waals surface area contributed by atoms with E-state index in [0.29, 0.717) is 5.92 Å². The monoisotopic (exact) mass is 220 g/mol. The maximum Gasteiger partial charge on any atom is 0.0178 e. The van der Waals surface area contributed by atoms with Crippen LogP contribution < -0.4 is 5.73 Å². The Morgan fingerprint density at radius 2 is 2.00 bits per heavy atom. The van der Waals surface area contributed by atoms with Crippen molar-refractivity contribution < 1.29 is 0 Å². The van der Waals surface area contributed by atoms with Crippen LogP contribution in [0.1, 0.15) is 48.6 Å². The second-order valence-electron chi connectivity index (χ2n) is 5.27. The Labute approximate surface area is 98.8 Å². The molecular weight excluding hydrogens is 196 g/mol. The summed E-state index contributed by atoms with van der Waals surface area (Å²) in [4.78, 5) is 0. The number of hydrogen-bond acceptors (Lipinski definition) is 1. The zero-order valence-electron chi connectivity index (χ0n) is 10.8. The standard InChI is InChI=1S/C14H24N2/c1-10-8-13(11(2)16(10)3)14(9-15)12-6-4-5-7-12/h8,12,14H,4-7,9,15H2,1-3H3. The molecule has 2 heteroatoms. The first-order valence-electron chi connectivity index (χ1n) is 6.48. The minimum Gasteiger partial charge on any atom is -0.352 e. The molecule has 1 unspecified atom stereocenters. The number of nitrogens with zero attached hydrogens (tertiary/aromatic N) is 1. The van der Waals surface area contributed by atoms with Gasteiger partial charge in [0.2, 0.25) is 0 Å². The second kappa shape index (κ2) is 4.62. The van der Waals surface area contributed by atoms with Crippen LogP contribution in [0.25, 0.3) is 0 Å². The van der Waals surface area contributed by atoms with E-state index in [1.165, 1.54) is 42.6 Å². The van der Waals surface area contributed by atoms with Crippen molar-refractivity contribution in [3.05, 3.63) is 23.0 Å². The Morgan fingerprint density at radius 3 is 2.44 bits per heavy atom. The Kier molecular flexibility index (Phi) is 3.38. The molecule has 90 valence electrons. The van der Waals surface area contributed by atoms with E-state index >= 15 is 0 Å². The van der Waals surface area contributed by atoms with Crippen LogP contribution in [0.3, 0.4) is 0 Å². The van der Waals surface area contributed by atoms with Crippen LogP contribution in [0.15, 0.2) is 6.07 Å². The first-order chi connectivity index (χ1) is 7.65. The molecule has 2 N–H and O–H groups in total. The van der Waals surface area contributed by atoms with Gasteiger partial charge in [0.15, 0.2) is 0 Å². The lowest BCUT2D eigenvalue weighted by Gasteiger charge is -2.22. The minimum atomic E-state index is 0.586. The third kappa shape index (κ3) is 1.91. The van der Waals surface area contributed by atoms with Crippen molar-refractivity contribution in [1.29, 1.82) is 0 Å². The Bertz CT molecular complexity index is 359. The molecule has 1 aliphatic rings. The van der Waals surface area contributed by atoms with Gasteiger partial charge in [-0.1, -0.05) is 12.8 Å². The summed E-state index contributed by atoms with van der Waals surface area (Å²) in [6, 6.07) is 2.34. The van der Waals surface area contributed by atoms with Crippen molar-refractivity contribution >= 4 is 0 Å². The van der Waals surface area contributed by atoms with Crippen molar-refractivity contribution in [1.82, 2.24) is 4.57 Å². The largest absolute Gasteiger partial charge is 0.352 e. The Morgan fingerprint density at radius 1 is 1.38 bits per heavy atom. The van der Waals surface area contributed by atoms with Gasteiger partial charge in [0, 0.05) is 24.4 Å². The molecule has 0 aromatic carbocycles. The van der Waals surface area contributed by atoms with Crippen LogP contribution in [0.4, 0.5) is 0 Å². The molecule has 1 aromatic heterocycles. The van der Waals surface area contributed by atoms with Crippen molar-refractivity contribution in [3.63, 3.8) is 0 Å². The molecule has 1 saturated carbocycles. The minimum absolute atomic E-state index is 0.586. The van der Waals surface area contributed by atoms with Crippen LogP contribution in [-0.2, 0) is 7.05 Å². The summed E-state index contributed by atoms with van der Waals surface area (Å²) in [5.41, 5.74) is 10.3. The molecule has 0 bridgehead atoms.